The molecule has 1 spiro atoms. The Morgan fingerprint density at radius 1 is 0.935 bits per heavy atom. The molecule has 0 unspecified atom stereocenters. The second-order valence-electron chi connectivity index (χ2n) is 7.71. The third-order valence-electron chi connectivity index (χ3n) is 5.98. The van der Waals surface area contributed by atoms with Crippen molar-refractivity contribution in [2.45, 2.75) is 6.42 Å². The zero-order valence-corrected chi connectivity index (χ0v) is 16.8. The number of nitrogens with zero attached hydrogens (tertiary/aromatic N) is 3. The van der Waals surface area contributed by atoms with Crippen molar-refractivity contribution < 1.29 is 9.59 Å². The highest BCUT2D eigenvalue weighted by atomic mass is 16.2. The Labute approximate surface area is 180 Å². The molecule has 0 radical (unpaired) electrons. The Balaban J connectivity index is 1.74. The minimum absolute atomic E-state index is 0.0402. The lowest BCUT2D eigenvalue weighted by Crippen LogP contribution is -2.46. The van der Waals surface area contributed by atoms with Gasteiger partial charge in [-0.3, -0.25) is 9.59 Å². The van der Waals surface area contributed by atoms with Crippen LogP contribution in [0.5, 0.6) is 0 Å². The molecule has 1 aliphatic heterocycles. The van der Waals surface area contributed by atoms with Gasteiger partial charge in [0.05, 0.1) is 23.3 Å². The van der Waals surface area contributed by atoms with Crippen LogP contribution in [0.25, 0.3) is 12.2 Å². The van der Waals surface area contributed by atoms with Gasteiger partial charge < -0.3 is 4.90 Å². The molecule has 1 amide bonds. The van der Waals surface area contributed by atoms with Gasteiger partial charge in [0.15, 0.2) is 5.78 Å². The molecule has 150 valence electrons. The summed E-state index contributed by atoms with van der Waals surface area (Å²) >= 11 is 0. The summed E-state index contributed by atoms with van der Waals surface area (Å²) in [6, 6.07) is 18.3. The summed E-state index contributed by atoms with van der Waals surface area (Å²) in [5.74, 6) is -0.187. The van der Waals surface area contributed by atoms with Crippen LogP contribution in [0, 0.1) is 28.1 Å². The van der Waals surface area contributed by atoms with E-state index in [1.54, 1.807) is 29.2 Å². The number of Topliss-reactive ketones (excluding diaryl/α,β-unsaturated/α-hetero) is 1. The summed E-state index contributed by atoms with van der Waals surface area (Å²) < 4.78 is 0. The number of carbonyl (C=O) groups is 2. The maximum Gasteiger partial charge on any atom is 0.245 e. The van der Waals surface area contributed by atoms with Crippen LogP contribution in [0.1, 0.15) is 28.7 Å². The predicted molar refractivity (Wildman–Crippen MR) is 117 cm³/mol. The number of hydrogen-bond acceptors (Lipinski definition) is 4. The van der Waals surface area contributed by atoms with Gasteiger partial charge in [-0.05, 0) is 60.0 Å². The van der Waals surface area contributed by atoms with Gasteiger partial charge in [-0.1, -0.05) is 30.8 Å². The molecule has 31 heavy (non-hydrogen) atoms. The molecule has 2 fully saturated rings. The van der Waals surface area contributed by atoms with Crippen LogP contribution in [-0.4, -0.2) is 29.7 Å². The van der Waals surface area contributed by atoms with E-state index in [9.17, 15) is 9.59 Å². The first-order chi connectivity index (χ1) is 15.0. The SMILES string of the molecule is C=CC(=O)N1CCC2(C1)/C(=C\c1ccc(C#N)cc1)C(=O)/C2=C/c1ccc(C#N)cc1. The van der Waals surface area contributed by atoms with Crippen molar-refractivity contribution in [3.63, 3.8) is 0 Å². The number of amides is 1. The first-order valence-corrected chi connectivity index (χ1v) is 9.91. The normalized spacial score (nSPS) is 22.3. The zero-order valence-electron chi connectivity index (χ0n) is 16.8. The standard InChI is InChI=1S/C26H19N3O2/c1-2-24(30)29-12-11-26(17-29)22(13-18-3-7-20(15-27)8-4-18)25(31)23(26)14-19-5-9-21(16-28)10-6-19/h2-10,13-14H,1,11-12,17H2/b22-13-,23-14-. The average molecular weight is 405 g/mol. The summed E-state index contributed by atoms with van der Waals surface area (Å²) in [7, 11) is 0. The Hall–Kier alpha value is -4.22. The number of benzene rings is 2. The smallest absolute Gasteiger partial charge is 0.245 e. The molecule has 0 atom stereocenters. The average Bonchev–Trinajstić information content (AvgIpc) is 3.28. The van der Waals surface area contributed by atoms with Gasteiger partial charge in [-0.2, -0.15) is 10.5 Å². The fourth-order valence-corrected chi connectivity index (χ4v) is 4.28. The van der Waals surface area contributed by atoms with Crippen molar-refractivity contribution in [3.8, 4) is 12.1 Å². The minimum Gasteiger partial charge on any atom is -0.338 e. The largest absolute Gasteiger partial charge is 0.338 e. The van der Waals surface area contributed by atoms with E-state index in [1.807, 2.05) is 36.4 Å². The molecular weight excluding hydrogens is 386 g/mol. The van der Waals surface area contributed by atoms with Crippen LogP contribution in [0.4, 0.5) is 0 Å². The summed E-state index contributed by atoms with van der Waals surface area (Å²) in [6.07, 6.45) is 5.68. The lowest BCUT2D eigenvalue weighted by molar-refractivity contribution is -0.126. The van der Waals surface area contributed by atoms with Crippen molar-refractivity contribution in [1.82, 2.24) is 4.90 Å². The van der Waals surface area contributed by atoms with Gasteiger partial charge in [-0.25, -0.2) is 0 Å². The van der Waals surface area contributed by atoms with E-state index < -0.39 is 5.41 Å². The van der Waals surface area contributed by atoms with Gasteiger partial charge >= 0.3 is 0 Å². The van der Waals surface area contributed by atoms with Crippen LogP contribution >= 0.6 is 0 Å². The van der Waals surface area contributed by atoms with E-state index in [0.29, 0.717) is 41.8 Å². The van der Waals surface area contributed by atoms with Gasteiger partial charge in [0.1, 0.15) is 0 Å². The summed E-state index contributed by atoms with van der Waals surface area (Å²) in [5, 5.41) is 18.0. The van der Waals surface area contributed by atoms with Crippen LogP contribution in [-0.2, 0) is 9.59 Å². The number of likely N-dealkylation sites (tertiary alicyclic amines) is 1. The zero-order chi connectivity index (χ0) is 22.0. The highest BCUT2D eigenvalue weighted by Crippen LogP contribution is 2.55. The van der Waals surface area contributed by atoms with Gasteiger partial charge in [0.2, 0.25) is 5.91 Å². The number of carbonyl (C=O) groups excluding carboxylic acids is 2. The van der Waals surface area contributed by atoms with Crippen molar-refractivity contribution in [1.29, 1.82) is 10.5 Å². The molecule has 4 rings (SSSR count). The Bertz CT molecular complexity index is 1140. The van der Waals surface area contributed by atoms with E-state index in [4.69, 9.17) is 10.5 Å². The van der Waals surface area contributed by atoms with Crippen molar-refractivity contribution in [2.24, 2.45) is 5.41 Å². The Morgan fingerprint density at radius 2 is 1.42 bits per heavy atom. The lowest BCUT2D eigenvalue weighted by Gasteiger charge is -2.43. The summed E-state index contributed by atoms with van der Waals surface area (Å²) in [4.78, 5) is 27.1. The van der Waals surface area contributed by atoms with Crippen LogP contribution in [0.2, 0.25) is 0 Å². The van der Waals surface area contributed by atoms with E-state index in [2.05, 4.69) is 18.7 Å². The monoisotopic (exact) mass is 405 g/mol. The topological polar surface area (TPSA) is 85.0 Å². The molecule has 0 bridgehead atoms. The molecule has 1 saturated carbocycles. The van der Waals surface area contributed by atoms with Gasteiger partial charge in [-0.15, -0.1) is 0 Å². The molecule has 2 aromatic carbocycles. The number of ketones is 1. The molecule has 5 heteroatoms. The highest BCUT2D eigenvalue weighted by Gasteiger charge is 2.57. The minimum atomic E-state index is -0.530. The predicted octanol–water partition coefficient (Wildman–Crippen LogP) is 3.88. The molecule has 2 aliphatic rings. The fraction of sp³-hybridized carbons (Fsp3) is 0.154. The first kappa shape index (κ1) is 20.1. The Morgan fingerprint density at radius 3 is 1.84 bits per heavy atom. The van der Waals surface area contributed by atoms with E-state index in [1.165, 1.54) is 6.08 Å². The maximum absolute atomic E-state index is 13.2. The molecule has 0 aromatic heterocycles. The summed E-state index contributed by atoms with van der Waals surface area (Å²) in [5.41, 5.74) is 3.62. The molecular formula is C26H19N3O2. The molecule has 2 aromatic rings. The van der Waals surface area contributed by atoms with E-state index in [-0.39, 0.29) is 11.7 Å². The lowest BCUT2D eigenvalue weighted by atomic mass is 9.58. The summed E-state index contributed by atoms with van der Waals surface area (Å²) in [6.45, 7) is 4.55. The van der Waals surface area contributed by atoms with Crippen molar-refractivity contribution >= 4 is 23.8 Å². The second-order valence-corrected chi connectivity index (χ2v) is 7.71. The van der Waals surface area contributed by atoms with Crippen molar-refractivity contribution in [3.05, 3.63) is 94.6 Å². The van der Waals surface area contributed by atoms with Crippen LogP contribution in [0.3, 0.4) is 0 Å². The molecule has 1 heterocycles. The molecule has 0 N–H and O–H groups in total. The number of hydrogen-bond donors (Lipinski definition) is 0. The maximum atomic E-state index is 13.2. The van der Waals surface area contributed by atoms with Crippen LogP contribution < -0.4 is 0 Å². The second kappa shape index (κ2) is 7.89. The third kappa shape index (κ3) is 3.47. The van der Waals surface area contributed by atoms with Crippen molar-refractivity contribution in [2.75, 3.05) is 13.1 Å². The fourth-order valence-electron chi connectivity index (χ4n) is 4.28. The third-order valence-corrected chi connectivity index (χ3v) is 5.98. The number of rotatable bonds is 3. The number of nitriles is 2. The van der Waals surface area contributed by atoms with Gasteiger partial charge in [0.25, 0.3) is 0 Å². The van der Waals surface area contributed by atoms with Crippen LogP contribution in [0.15, 0.2) is 72.3 Å². The molecule has 1 aliphatic carbocycles. The first-order valence-electron chi connectivity index (χ1n) is 9.91. The van der Waals surface area contributed by atoms with E-state index in [0.717, 1.165) is 11.1 Å². The quantitative estimate of drug-likeness (QED) is 0.725. The molecule has 1 saturated heterocycles. The molecule has 5 nitrogen and oxygen atoms in total. The Kier molecular flexibility index (Phi) is 5.11. The van der Waals surface area contributed by atoms with E-state index >= 15 is 0 Å². The highest BCUT2D eigenvalue weighted by molar-refractivity contribution is 6.24. The van der Waals surface area contributed by atoms with Gasteiger partial charge in [0, 0.05) is 29.7 Å².